The molecule has 2 N–H and O–H groups in total. The van der Waals surface area contributed by atoms with Crippen LogP contribution in [0.4, 0.5) is 11.4 Å². The van der Waals surface area contributed by atoms with Crippen molar-refractivity contribution in [2.24, 2.45) is 0 Å². The van der Waals surface area contributed by atoms with Crippen LogP contribution in [0.25, 0.3) is 43.7 Å². The number of aromatic amines is 2. The highest BCUT2D eigenvalue weighted by atomic mass is 16.6. The van der Waals surface area contributed by atoms with E-state index in [1.807, 2.05) is 98.8 Å². The zero-order chi connectivity index (χ0) is 45.2. The van der Waals surface area contributed by atoms with Crippen LogP contribution in [0.15, 0.2) is 154 Å². The molecule has 0 amide bonds. The number of nitrogens with zero attached hydrogens (tertiary/aromatic N) is 2. The highest BCUT2D eigenvalue weighted by Gasteiger charge is 2.28. The summed E-state index contributed by atoms with van der Waals surface area (Å²) in [5.41, 5.74) is 4.76. The third-order valence-corrected chi connectivity index (χ3v) is 10.9. The number of nitrogens with one attached hydrogen (secondary N) is 2. The number of H-pyrrole nitrogens is 2. The summed E-state index contributed by atoms with van der Waals surface area (Å²) < 4.78 is 24.4. The number of hydrogen-bond acceptors (Lipinski definition) is 10. The fourth-order valence-electron chi connectivity index (χ4n) is 7.81. The lowest BCUT2D eigenvalue weighted by molar-refractivity contribution is -0.384. The monoisotopic (exact) mass is 866 g/mol. The molecule has 0 spiro atoms. The van der Waals surface area contributed by atoms with Gasteiger partial charge in [-0.25, -0.2) is 0 Å². The molecule has 0 saturated heterocycles. The number of rotatable bonds is 14. The maximum Gasteiger partial charge on any atom is 0.270 e. The standard InChI is InChI=1S/C49H32N4O10.C2H6/c54-48(44-21-30-19-32(52(56)57)11-17-42(30)62-44)46-38(36-23-34(13-15-40(36)50-46)60-26-28-7-3-1-4-8-28)25-39-37-24-35(61-27-29-9-5-2-6-10-29)14-16-41(37)51-47(39)49(55)45-22-31-20-33(53(58)59)12-18-43(31)63-45;1-2/h1-24,50-51H,25-27H2;1-2H3. The minimum Gasteiger partial charge on any atom is -0.489 e. The van der Waals surface area contributed by atoms with Crippen molar-refractivity contribution in [3.05, 3.63) is 211 Å². The number of hydrogen-bond donors (Lipinski definition) is 2. The molecule has 14 heteroatoms. The van der Waals surface area contributed by atoms with Crippen LogP contribution in [-0.4, -0.2) is 31.4 Å². The number of ether oxygens (including phenoxy) is 2. The highest BCUT2D eigenvalue weighted by molar-refractivity contribution is 6.14. The maximum atomic E-state index is 14.7. The van der Waals surface area contributed by atoms with Crippen molar-refractivity contribution < 1.29 is 37.7 Å². The van der Waals surface area contributed by atoms with Crippen LogP contribution < -0.4 is 9.47 Å². The summed E-state index contributed by atoms with van der Waals surface area (Å²) in [5.74, 6) is -0.0886. The van der Waals surface area contributed by atoms with E-state index in [0.29, 0.717) is 66.4 Å². The summed E-state index contributed by atoms with van der Waals surface area (Å²) in [5, 5.41) is 25.1. The molecule has 0 fully saturated rings. The average Bonchev–Trinajstić information content (AvgIpc) is 4.14. The first-order valence-electron chi connectivity index (χ1n) is 20.7. The second-order valence-corrected chi connectivity index (χ2v) is 14.9. The second kappa shape index (κ2) is 17.5. The first-order valence-corrected chi connectivity index (χ1v) is 20.7. The number of benzene rings is 6. The van der Waals surface area contributed by atoms with Crippen molar-refractivity contribution in [1.29, 1.82) is 0 Å². The van der Waals surface area contributed by atoms with Gasteiger partial charge in [-0.2, -0.15) is 0 Å². The van der Waals surface area contributed by atoms with Crippen molar-refractivity contribution in [2.75, 3.05) is 0 Å². The second-order valence-electron chi connectivity index (χ2n) is 14.9. The first kappa shape index (κ1) is 41.6. The summed E-state index contributed by atoms with van der Waals surface area (Å²) in [7, 11) is 0. The van der Waals surface area contributed by atoms with E-state index in [-0.39, 0.29) is 53.9 Å². The van der Waals surface area contributed by atoms with E-state index in [1.54, 1.807) is 12.1 Å². The third kappa shape index (κ3) is 8.31. The van der Waals surface area contributed by atoms with Crippen LogP contribution in [-0.2, 0) is 19.6 Å². The van der Waals surface area contributed by atoms with Crippen LogP contribution in [0.1, 0.15) is 68.6 Å². The van der Waals surface area contributed by atoms with Gasteiger partial charge >= 0.3 is 0 Å². The van der Waals surface area contributed by atoms with Crippen LogP contribution in [0.5, 0.6) is 11.5 Å². The number of furan rings is 2. The molecular formula is C51H38N4O10. The molecule has 6 aromatic carbocycles. The largest absolute Gasteiger partial charge is 0.489 e. The number of ketones is 2. The molecule has 0 bridgehead atoms. The molecule has 0 saturated carbocycles. The van der Waals surface area contributed by atoms with Gasteiger partial charge in [0, 0.05) is 63.3 Å². The molecule has 322 valence electrons. The van der Waals surface area contributed by atoms with E-state index in [1.165, 1.54) is 48.5 Å². The van der Waals surface area contributed by atoms with Gasteiger partial charge in [-0.15, -0.1) is 0 Å². The molecule has 10 aromatic rings. The molecule has 0 unspecified atom stereocenters. The molecule has 4 aromatic heterocycles. The van der Waals surface area contributed by atoms with Gasteiger partial charge in [0.1, 0.15) is 35.9 Å². The zero-order valence-electron chi connectivity index (χ0n) is 35.0. The van der Waals surface area contributed by atoms with Gasteiger partial charge in [-0.1, -0.05) is 74.5 Å². The lowest BCUT2D eigenvalue weighted by Gasteiger charge is -2.09. The third-order valence-electron chi connectivity index (χ3n) is 10.9. The number of nitro groups is 2. The number of fused-ring (bicyclic) bond motifs is 4. The van der Waals surface area contributed by atoms with E-state index >= 15 is 0 Å². The Labute approximate surface area is 369 Å². The lowest BCUT2D eigenvalue weighted by atomic mass is 9.95. The number of nitro benzene ring substituents is 2. The normalized spacial score (nSPS) is 11.2. The van der Waals surface area contributed by atoms with Crippen LogP contribution in [0.2, 0.25) is 0 Å². The van der Waals surface area contributed by atoms with E-state index in [4.69, 9.17) is 18.3 Å². The zero-order valence-corrected chi connectivity index (χ0v) is 35.0. The minimum atomic E-state index is -0.523. The predicted octanol–water partition coefficient (Wildman–Crippen LogP) is 12.2. The van der Waals surface area contributed by atoms with Gasteiger partial charge in [0.15, 0.2) is 11.5 Å². The molecule has 0 aliphatic carbocycles. The fraction of sp³-hybridized carbons (Fsp3) is 0.0980. The van der Waals surface area contributed by atoms with E-state index in [9.17, 15) is 29.8 Å². The number of carbonyl (C=O) groups is 2. The van der Waals surface area contributed by atoms with Gasteiger partial charge in [-0.05, 0) is 82.9 Å². The fourth-order valence-corrected chi connectivity index (χ4v) is 7.81. The maximum absolute atomic E-state index is 14.7. The molecule has 0 aliphatic rings. The van der Waals surface area contributed by atoms with Crippen LogP contribution in [0.3, 0.4) is 0 Å². The summed E-state index contributed by atoms with van der Waals surface area (Å²) in [6, 6.07) is 41.4. The SMILES string of the molecule is CC.O=C(c1cc2cc([N+](=O)[O-])ccc2o1)c1[nH]c2ccc(OCc3ccccc3)cc2c1Cc1c(C(=O)c2cc3cc([N+](=O)[O-])ccc3o2)[nH]c2ccc(OCc3ccccc3)cc12. The quantitative estimate of drug-likeness (QED) is 0.0602. The summed E-state index contributed by atoms with van der Waals surface area (Å²) in [4.78, 5) is 58.0. The Balaban J connectivity index is 0.00000263. The lowest BCUT2D eigenvalue weighted by Crippen LogP contribution is -2.08. The first-order chi connectivity index (χ1) is 31.6. The molecule has 14 nitrogen and oxygen atoms in total. The summed E-state index contributed by atoms with van der Waals surface area (Å²) >= 11 is 0. The molecular weight excluding hydrogens is 829 g/mol. The molecule has 0 radical (unpaired) electrons. The van der Waals surface area contributed by atoms with Crippen molar-refractivity contribution in [2.45, 2.75) is 33.5 Å². The van der Waals surface area contributed by atoms with Crippen molar-refractivity contribution in [3.63, 3.8) is 0 Å². The molecule has 10 rings (SSSR count). The Kier molecular flexibility index (Phi) is 11.2. The van der Waals surface area contributed by atoms with Gasteiger partial charge in [-0.3, -0.25) is 29.8 Å². The number of carbonyl (C=O) groups excluding carboxylic acids is 2. The number of aromatic nitrogens is 2. The Morgan fingerprint density at radius 2 is 0.954 bits per heavy atom. The van der Waals surface area contributed by atoms with Crippen molar-refractivity contribution in [1.82, 2.24) is 9.97 Å². The van der Waals surface area contributed by atoms with Crippen LogP contribution >= 0.6 is 0 Å². The molecule has 4 heterocycles. The summed E-state index contributed by atoms with van der Waals surface area (Å²) in [6.45, 7) is 4.58. The van der Waals surface area contributed by atoms with E-state index in [2.05, 4.69) is 9.97 Å². The average molecular weight is 867 g/mol. The molecule has 65 heavy (non-hydrogen) atoms. The minimum absolute atomic E-state index is 0.0177. The summed E-state index contributed by atoms with van der Waals surface area (Å²) in [6.07, 6.45) is 0.0177. The van der Waals surface area contributed by atoms with E-state index in [0.717, 1.165) is 11.1 Å². The number of non-ortho nitro benzene ring substituents is 2. The molecule has 0 aliphatic heterocycles. The topological polar surface area (TPSA) is 197 Å². The van der Waals surface area contributed by atoms with E-state index < -0.39 is 21.4 Å². The molecule has 0 atom stereocenters. The Morgan fingerprint density at radius 3 is 1.35 bits per heavy atom. The Bertz CT molecular complexity index is 3210. The van der Waals surface area contributed by atoms with Gasteiger partial charge in [0.05, 0.1) is 21.2 Å². The van der Waals surface area contributed by atoms with Gasteiger partial charge in [0.25, 0.3) is 11.4 Å². The van der Waals surface area contributed by atoms with Gasteiger partial charge < -0.3 is 28.3 Å². The smallest absolute Gasteiger partial charge is 0.270 e. The van der Waals surface area contributed by atoms with Gasteiger partial charge in [0.2, 0.25) is 11.6 Å². The predicted molar refractivity (Wildman–Crippen MR) is 245 cm³/mol. The van der Waals surface area contributed by atoms with Crippen molar-refractivity contribution in [3.8, 4) is 11.5 Å². The Hall–Kier alpha value is -8.78. The Morgan fingerprint density at radius 1 is 0.538 bits per heavy atom. The van der Waals surface area contributed by atoms with Crippen LogP contribution in [0, 0.1) is 20.2 Å². The van der Waals surface area contributed by atoms with Crippen molar-refractivity contribution >= 4 is 66.7 Å². The highest BCUT2D eigenvalue weighted by Crippen LogP contribution is 2.37.